The van der Waals surface area contributed by atoms with Crippen LogP contribution in [0.15, 0.2) is 30.3 Å². The number of hydrogen-bond donors (Lipinski definition) is 1. The summed E-state index contributed by atoms with van der Waals surface area (Å²) >= 11 is 0. The molecular formula is C19H23NO4. The number of nitrogens with one attached hydrogen (secondary N) is 1. The quantitative estimate of drug-likeness (QED) is 0.863. The molecule has 3 rings (SSSR count). The highest BCUT2D eigenvalue weighted by molar-refractivity contribution is 6.12. The van der Waals surface area contributed by atoms with E-state index >= 15 is 0 Å². The maximum Gasteiger partial charge on any atom is 0.414 e. The average molecular weight is 329 g/mol. The van der Waals surface area contributed by atoms with E-state index in [2.05, 4.69) is 5.32 Å². The van der Waals surface area contributed by atoms with Crippen LogP contribution < -0.4 is 5.32 Å². The van der Waals surface area contributed by atoms with Crippen LogP contribution in [0, 0.1) is 16.7 Å². The molecule has 1 unspecified atom stereocenters. The van der Waals surface area contributed by atoms with Crippen LogP contribution >= 0.6 is 0 Å². The molecule has 1 aromatic carbocycles. The van der Waals surface area contributed by atoms with Crippen molar-refractivity contribution < 1.29 is 19.1 Å². The minimum absolute atomic E-state index is 0.0508. The number of hydrogen-bond acceptors (Lipinski definition) is 4. The molecule has 2 fully saturated rings. The first kappa shape index (κ1) is 16.7. The van der Waals surface area contributed by atoms with Crippen molar-refractivity contribution in [3.05, 3.63) is 35.9 Å². The third-order valence-corrected chi connectivity index (χ3v) is 6.05. The Bertz CT molecular complexity index is 682. The first-order chi connectivity index (χ1) is 11.3. The molecule has 0 saturated heterocycles. The smallest absolute Gasteiger partial charge is 0.414 e. The number of carbonyl (C=O) groups is 3. The number of benzene rings is 1. The van der Waals surface area contributed by atoms with Gasteiger partial charge in [-0.1, -0.05) is 44.2 Å². The first-order valence-electron chi connectivity index (χ1n) is 8.39. The Labute approximate surface area is 141 Å². The van der Waals surface area contributed by atoms with Gasteiger partial charge in [-0.05, 0) is 36.7 Å². The maximum absolute atomic E-state index is 12.7. The molecule has 1 aromatic rings. The Kier molecular flexibility index (Phi) is 3.98. The lowest BCUT2D eigenvalue weighted by Crippen LogP contribution is -2.51. The number of alkyl carbamates (subject to hydrolysis) is 1. The van der Waals surface area contributed by atoms with E-state index in [1.54, 1.807) is 6.92 Å². The summed E-state index contributed by atoms with van der Waals surface area (Å²) in [5, 5.41) is 2.31. The molecule has 0 aromatic heterocycles. The standard InChI is InChI=1S/C19H23NO4/c1-12(13-7-5-4-6-8-13)24-17(23)20-16(22)19-10-9-14(11-15(19)21)18(19,2)3/h4-8,12,14H,9-11H2,1-3H3,(H,20,22,23)/t12?,14-,19+/m1/s1. The van der Waals surface area contributed by atoms with E-state index < -0.39 is 28.9 Å². The van der Waals surface area contributed by atoms with E-state index in [-0.39, 0.29) is 11.7 Å². The van der Waals surface area contributed by atoms with E-state index in [4.69, 9.17) is 4.74 Å². The van der Waals surface area contributed by atoms with Gasteiger partial charge in [0, 0.05) is 6.42 Å². The minimum Gasteiger partial charge on any atom is -0.441 e. The fourth-order valence-corrected chi connectivity index (χ4v) is 4.39. The topological polar surface area (TPSA) is 72.5 Å². The molecular weight excluding hydrogens is 306 g/mol. The third kappa shape index (κ3) is 2.34. The van der Waals surface area contributed by atoms with Gasteiger partial charge in [0.2, 0.25) is 5.91 Å². The predicted molar refractivity (Wildman–Crippen MR) is 88.0 cm³/mol. The van der Waals surface area contributed by atoms with E-state index in [0.717, 1.165) is 12.0 Å². The van der Waals surface area contributed by atoms with Gasteiger partial charge in [-0.3, -0.25) is 14.9 Å². The van der Waals surface area contributed by atoms with Crippen LogP contribution in [-0.4, -0.2) is 17.8 Å². The fraction of sp³-hybridized carbons (Fsp3) is 0.526. The minimum atomic E-state index is -1.09. The van der Waals surface area contributed by atoms with Crippen LogP contribution in [0.25, 0.3) is 0 Å². The van der Waals surface area contributed by atoms with Crippen LogP contribution in [0.2, 0.25) is 0 Å². The van der Waals surface area contributed by atoms with Gasteiger partial charge in [-0.2, -0.15) is 0 Å². The van der Waals surface area contributed by atoms with E-state index in [1.165, 1.54) is 0 Å². The Balaban J connectivity index is 1.69. The number of ether oxygens (including phenoxy) is 1. The normalized spacial score (nSPS) is 28.5. The lowest BCUT2D eigenvalue weighted by atomic mass is 9.68. The van der Waals surface area contributed by atoms with Crippen LogP contribution in [0.4, 0.5) is 4.79 Å². The summed E-state index contributed by atoms with van der Waals surface area (Å²) in [5.41, 5.74) is -0.664. The SMILES string of the molecule is CC(OC(=O)NC(=O)[C@]12CC[C@H](CC1=O)C2(C)C)c1ccccc1. The van der Waals surface area contributed by atoms with Gasteiger partial charge >= 0.3 is 6.09 Å². The van der Waals surface area contributed by atoms with Gasteiger partial charge < -0.3 is 4.74 Å². The number of amides is 2. The number of fused-ring (bicyclic) bond motifs is 2. The van der Waals surface area contributed by atoms with Crippen molar-refractivity contribution in [2.75, 3.05) is 0 Å². The second-order valence-corrected chi connectivity index (χ2v) is 7.40. The largest absolute Gasteiger partial charge is 0.441 e. The zero-order valence-corrected chi connectivity index (χ0v) is 14.3. The lowest BCUT2D eigenvalue weighted by Gasteiger charge is -2.34. The fourth-order valence-electron chi connectivity index (χ4n) is 4.39. The van der Waals surface area contributed by atoms with Crippen molar-refractivity contribution in [1.29, 1.82) is 0 Å². The van der Waals surface area contributed by atoms with Gasteiger partial charge in [0.05, 0.1) is 0 Å². The van der Waals surface area contributed by atoms with Crippen LogP contribution in [0.1, 0.15) is 51.7 Å². The first-order valence-corrected chi connectivity index (χ1v) is 8.39. The zero-order valence-electron chi connectivity index (χ0n) is 14.3. The van der Waals surface area contributed by atoms with Crippen molar-refractivity contribution >= 4 is 17.8 Å². The summed E-state index contributed by atoms with van der Waals surface area (Å²) in [7, 11) is 0. The molecule has 2 amide bonds. The maximum atomic E-state index is 12.7. The number of rotatable bonds is 3. The molecule has 3 atom stereocenters. The molecule has 0 radical (unpaired) electrons. The van der Waals surface area contributed by atoms with Gasteiger partial charge in [0.1, 0.15) is 17.3 Å². The monoisotopic (exact) mass is 329 g/mol. The Hall–Kier alpha value is -2.17. The lowest BCUT2D eigenvalue weighted by molar-refractivity contribution is -0.144. The highest BCUT2D eigenvalue weighted by atomic mass is 16.6. The zero-order chi connectivity index (χ0) is 17.5. The Morgan fingerprint density at radius 3 is 2.46 bits per heavy atom. The van der Waals surface area contributed by atoms with Crippen molar-refractivity contribution in [3.8, 4) is 0 Å². The second kappa shape index (κ2) is 5.72. The summed E-state index contributed by atoms with van der Waals surface area (Å²) in [6.45, 7) is 5.65. The molecule has 0 heterocycles. The molecule has 1 N–H and O–H groups in total. The summed E-state index contributed by atoms with van der Waals surface area (Å²) in [4.78, 5) is 37.3. The summed E-state index contributed by atoms with van der Waals surface area (Å²) in [6.07, 6.45) is 0.513. The summed E-state index contributed by atoms with van der Waals surface area (Å²) in [6, 6.07) is 9.29. The van der Waals surface area contributed by atoms with Crippen LogP contribution in [0.5, 0.6) is 0 Å². The molecule has 2 aliphatic carbocycles. The molecule has 0 spiro atoms. The van der Waals surface area contributed by atoms with Crippen LogP contribution in [-0.2, 0) is 14.3 Å². The number of imide groups is 1. The van der Waals surface area contributed by atoms with E-state index in [0.29, 0.717) is 12.8 Å². The number of ketones is 1. The molecule has 2 bridgehead atoms. The molecule has 0 aliphatic heterocycles. The van der Waals surface area contributed by atoms with E-state index in [1.807, 2.05) is 44.2 Å². The van der Waals surface area contributed by atoms with E-state index in [9.17, 15) is 14.4 Å². The van der Waals surface area contributed by atoms with Crippen LogP contribution in [0.3, 0.4) is 0 Å². The molecule has 128 valence electrons. The highest BCUT2D eigenvalue weighted by Gasteiger charge is 2.68. The van der Waals surface area contributed by atoms with Crippen molar-refractivity contribution in [3.63, 3.8) is 0 Å². The molecule has 5 heteroatoms. The van der Waals surface area contributed by atoms with Crippen molar-refractivity contribution in [2.45, 2.75) is 46.1 Å². The number of Topliss-reactive ketones (excluding diaryl/α,β-unsaturated/α-hetero) is 1. The van der Waals surface area contributed by atoms with Gasteiger partial charge in [-0.25, -0.2) is 4.79 Å². The number of carbonyl (C=O) groups excluding carboxylic acids is 3. The molecule has 24 heavy (non-hydrogen) atoms. The van der Waals surface area contributed by atoms with Gasteiger partial charge in [-0.15, -0.1) is 0 Å². The average Bonchev–Trinajstić information content (AvgIpc) is 2.90. The van der Waals surface area contributed by atoms with Crippen molar-refractivity contribution in [2.24, 2.45) is 16.7 Å². The molecule has 5 nitrogen and oxygen atoms in total. The summed E-state index contributed by atoms with van der Waals surface area (Å²) < 4.78 is 5.29. The van der Waals surface area contributed by atoms with Gasteiger partial charge in [0.25, 0.3) is 0 Å². The Morgan fingerprint density at radius 2 is 1.92 bits per heavy atom. The Morgan fingerprint density at radius 1 is 1.25 bits per heavy atom. The van der Waals surface area contributed by atoms with Crippen molar-refractivity contribution in [1.82, 2.24) is 5.32 Å². The molecule has 2 aliphatic rings. The van der Waals surface area contributed by atoms with Gasteiger partial charge in [0.15, 0.2) is 0 Å². The predicted octanol–water partition coefficient (Wildman–Crippen LogP) is 3.40. The third-order valence-electron chi connectivity index (χ3n) is 6.05. The molecule has 2 saturated carbocycles. The summed E-state index contributed by atoms with van der Waals surface area (Å²) in [5.74, 6) is -0.345. The second-order valence-electron chi connectivity index (χ2n) is 7.40. The highest BCUT2D eigenvalue weighted by Crippen LogP contribution is 2.63.